The molecule has 0 saturated heterocycles. The number of thiazole rings is 1. The summed E-state index contributed by atoms with van der Waals surface area (Å²) in [5.41, 5.74) is 3.75. The zero-order valence-electron chi connectivity index (χ0n) is 25.6. The number of fused-ring (bicyclic) bond motifs is 1. The van der Waals surface area contributed by atoms with E-state index in [1.165, 1.54) is 15.9 Å². The maximum absolute atomic E-state index is 13.5. The minimum atomic E-state index is -0.259. The first kappa shape index (κ1) is 31.1. The smallest absolute Gasteiger partial charge is 0.291 e. The number of halogens is 1. The monoisotopic (exact) mass is 653 g/mol. The first-order chi connectivity index (χ1) is 22.5. The maximum atomic E-state index is 13.5. The number of aromatic nitrogens is 5. The van der Waals surface area contributed by atoms with Crippen molar-refractivity contribution in [3.05, 3.63) is 110 Å². The molecule has 0 fully saturated rings. The lowest BCUT2D eigenvalue weighted by molar-refractivity contribution is 0.288. The molecule has 3 heterocycles. The number of methoxy groups -OCH3 is 1. The topological polar surface area (TPSA) is 92.8 Å². The van der Waals surface area contributed by atoms with Gasteiger partial charge in [0.2, 0.25) is 4.96 Å². The summed E-state index contributed by atoms with van der Waals surface area (Å²) in [6, 6.07) is 21.1. The van der Waals surface area contributed by atoms with Crippen LogP contribution in [0.25, 0.3) is 40.1 Å². The number of hydrogen-bond donors (Lipinski definition) is 0. The molecular weight excluding hydrogens is 622 g/mol. The Hall–Kier alpha value is -4.93. The molecule has 6 aromatic rings. The van der Waals surface area contributed by atoms with E-state index in [4.69, 9.17) is 30.9 Å². The number of unbranched alkanes of at least 4 members (excludes halogenated alkanes) is 1. The van der Waals surface area contributed by atoms with E-state index in [2.05, 4.69) is 17.0 Å². The van der Waals surface area contributed by atoms with Gasteiger partial charge in [-0.25, -0.2) is 4.68 Å². The van der Waals surface area contributed by atoms with Gasteiger partial charge in [-0.2, -0.15) is 14.6 Å². The van der Waals surface area contributed by atoms with Gasteiger partial charge in [-0.15, -0.1) is 5.10 Å². The molecule has 9 nitrogen and oxygen atoms in total. The average Bonchev–Trinajstić information content (AvgIpc) is 3.76. The highest BCUT2D eigenvalue weighted by atomic mass is 35.5. The minimum absolute atomic E-state index is 0.259. The molecule has 0 aliphatic carbocycles. The van der Waals surface area contributed by atoms with Crippen LogP contribution in [-0.4, -0.2) is 44.7 Å². The Morgan fingerprint density at radius 3 is 2.50 bits per heavy atom. The highest BCUT2D eigenvalue weighted by molar-refractivity contribution is 7.15. The maximum Gasteiger partial charge on any atom is 0.291 e. The molecule has 0 atom stereocenters. The second kappa shape index (κ2) is 14.0. The molecule has 0 radical (unpaired) electrons. The lowest BCUT2D eigenvalue weighted by Crippen LogP contribution is -2.23. The first-order valence-electron chi connectivity index (χ1n) is 15.0. The van der Waals surface area contributed by atoms with E-state index in [0.29, 0.717) is 56.5 Å². The fraction of sp³-hybridized carbons (Fsp3) is 0.200. The lowest BCUT2D eigenvalue weighted by Gasteiger charge is -2.10. The Bertz CT molecular complexity index is 2120. The third-order valence-electron chi connectivity index (χ3n) is 7.12. The van der Waals surface area contributed by atoms with Crippen molar-refractivity contribution < 1.29 is 14.2 Å². The van der Waals surface area contributed by atoms with E-state index in [1.54, 1.807) is 17.9 Å². The largest absolute Gasteiger partial charge is 0.493 e. The summed E-state index contributed by atoms with van der Waals surface area (Å²) in [6.07, 6.45) is 9.40. The van der Waals surface area contributed by atoms with Gasteiger partial charge >= 0.3 is 0 Å². The van der Waals surface area contributed by atoms with Crippen molar-refractivity contribution in [3.63, 3.8) is 0 Å². The molecule has 0 aliphatic heterocycles. The molecule has 3 aromatic carbocycles. The molecule has 0 spiro atoms. The summed E-state index contributed by atoms with van der Waals surface area (Å²) < 4.78 is 20.6. The summed E-state index contributed by atoms with van der Waals surface area (Å²) in [5.74, 6) is 2.39. The molecule has 6 rings (SSSR count). The van der Waals surface area contributed by atoms with E-state index in [0.717, 1.165) is 35.2 Å². The number of nitrogens with zero attached hydrogens (tertiary/aromatic N) is 5. The Morgan fingerprint density at radius 1 is 0.935 bits per heavy atom. The van der Waals surface area contributed by atoms with E-state index >= 15 is 0 Å². The van der Waals surface area contributed by atoms with Gasteiger partial charge in [0.15, 0.2) is 17.3 Å². The Kier molecular flexibility index (Phi) is 9.46. The molecule has 0 saturated carbocycles. The predicted octanol–water partition coefficient (Wildman–Crippen LogP) is 6.96. The number of para-hydroxylation sites is 1. The SMILES string of the molecule is CCCCOc1ccc(/C=C/c2nc3s/c(=C\c4cn(-c5ccccc5)nc4-c4ccc(OCC)c(Cl)c4)c(=O)n3n2)cc1OC. The van der Waals surface area contributed by atoms with Crippen molar-refractivity contribution in [1.29, 1.82) is 0 Å². The predicted molar refractivity (Wildman–Crippen MR) is 183 cm³/mol. The van der Waals surface area contributed by atoms with E-state index in [9.17, 15) is 4.79 Å². The van der Waals surface area contributed by atoms with Crippen molar-refractivity contribution in [2.75, 3.05) is 20.3 Å². The zero-order valence-corrected chi connectivity index (χ0v) is 27.2. The first-order valence-corrected chi connectivity index (χ1v) is 16.1. The molecular formula is C35H32ClN5O4S. The fourth-order valence-corrected chi connectivity index (χ4v) is 5.96. The quantitative estimate of drug-likeness (QED) is 0.132. The van der Waals surface area contributed by atoms with Crippen LogP contribution < -0.4 is 24.3 Å². The van der Waals surface area contributed by atoms with Gasteiger partial charge in [-0.3, -0.25) is 4.79 Å². The van der Waals surface area contributed by atoms with Crippen LogP contribution >= 0.6 is 22.9 Å². The van der Waals surface area contributed by atoms with E-state index in [1.807, 2.05) is 92.0 Å². The zero-order chi connectivity index (χ0) is 32.0. The Morgan fingerprint density at radius 2 is 1.76 bits per heavy atom. The van der Waals surface area contributed by atoms with Crippen molar-refractivity contribution in [1.82, 2.24) is 24.4 Å². The van der Waals surface area contributed by atoms with Crippen LogP contribution in [0.4, 0.5) is 0 Å². The standard InChI is InChI=1S/C35H32ClN5O4S/c1-4-6-18-45-29-15-12-23(19-30(29)43-3)13-17-32-37-35-41(38-32)34(42)31(46-35)21-25-22-40(26-10-8-7-9-11-26)39-33(25)24-14-16-28(44-5-2)27(36)20-24/h7-17,19-22H,4-6,18H2,1-3H3/b17-13+,31-21-. The Labute approximate surface area is 275 Å². The van der Waals surface area contributed by atoms with Gasteiger partial charge in [0.1, 0.15) is 11.4 Å². The number of rotatable bonds is 12. The van der Waals surface area contributed by atoms with Crippen LogP contribution in [0.5, 0.6) is 17.2 Å². The van der Waals surface area contributed by atoms with Crippen LogP contribution in [0.2, 0.25) is 5.02 Å². The van der Waals surface area contributed by atoms with Gasteiger partial charge in [0, 0.05) is 17.3 Å². The number of hydrogen-bond acceptors (Lipinski definition) is 8. The lowest BCUT2D eigenvalue weighted by atomic mass is 10.1. The van der Waals surface area contributed by atoms with Crippen LogP contribution in [0.1, 0.15) is 43.6 Å². The van der Waals surface area contributed by atoms with Gasteiger partial charge in [0.05, 0.1) is 35.6 Å². The third kappa shape index (κ3) is 6.68. The molecule has 0 aliphatic rings. The molecule has 234 valence electrons. The molecule has 0 N–H and O–H groups in total. The molecule has 3 aromatic heterocycles. The number of benzene rings is 3. The van der Waals surface area contributed by atoms with Crippen LogP contribution in [0.15, 0.2) is 77.7 Å². The second-order valence-electron chi connectivity index (χ2n) is 10.3. The van der Waals surface area contributed by atoms with Crippen molar-refractivity contribution in [3.8, 4) is 34.2 Å². The molecule has 0 bridgehead atoms. The molecule has 0 amide bonds. The highest BCUT2D eigenvalue weighted by Crippen LogP contribution is 2.32. The molecule has 0 unspecified atom stereocenters. The van der Waals surface area contributed by atoms with Crippen molar-refractivity contribution in [2.24, 2.45) is 0 Å². The fourth-order valence-electron chi connectivity index (χ4n) is 4.82. The third-order valence-corrected chi connectivity index (χ3v) is 8.38. The Balaban J connectivity index is 1.32. The summed E-state index contributed by atoms with van der Waals surface area (Å²) >= 11 is 7.80. The number of ether oxygens (including phenoxy) is 3. The molecule has 11 heteroatoms. The summed E-state index contributed by atoms with van der Waals surface area (Å²) in [6.45, 7) is 5.18. The normalized spacial score (nSPS) is 12.0. The van der Waals surface area contributed by atoms with Gasteiger partial charge < -0.3 is 14.2 Å². The van der Waals surface area contributed by atoms with E-state index in [-0.39, 0.29) is 5.56 Å². The summed E-state index contributed by atoms with van der Waals surface area (Å²) in [7, 11) is 1.62. The average molecular weight is 654 g/mol. The highest BCUT2D eigenvalue weighted by Gasteiger charge is 2.15. The summed E-state index contributed by atoms with van der Waals surface area (Å²) in [4.78, 5) is 18.5. The molecule has 46 heavy (non-hydrogen) atoms. The summed E-state index contributed by atoms with van der Waals surface area (Å²) in [5, 5.41) is 9.81. The van der Waals surface area contributed by atoms with Crippen LogP contribution in [0, 0.1) is 0 Å². The van der Waals surface area contributed by atoms with Crippen molar-refractivity contribution >= 4 is 46.1 Å². The van der Waals surface area contributed by atoms with Crippen LogP contribution in [-0.2, 0) is 0 Å². The van der Waals surface area contributed by atoms with Gasteiger partial charge in [-0.1, -0.05) is 66.6 Å². The van der Waals surface area contributed by atoms with E-state index < -0.39 is 0 Å². The van der Waals surface area contributed by atoms with Crippen LogP contribution in [0.3, 0.4) is 0 Å². The van der Waals surface area contributed by atoms with Gasteiger partial charge in [0.25, 0.3) is 5.56 Å². The van der Waals surface area contributed by atoms with Gasteiger partial charge in [-0.05, 0) is 73.5 Å². The minimum Gasteiger partial charge on any atom is -0.493 e. The second-order valence-corrected chi connectivity index (χ2v) is 11.7. The van der Waals surface area contributed by atoms with Crippen molar-refractivity contribution in [2.45, 2.75) is 26.7 Å².